The van der Waals surface area contributed by atoms with Gasteiger partial charge in [-0.25, -0.2) is 4.98 Å². The van der Waals surface area contributed by atoms with Gasteiger partial charge in [-0.15, -0.1) is 0 Å². The zero-order chi connectivity index (χ0) is 38.2. The Bertz CT molecular complexity index is 3570. The van der Waals surface area contributed by atoms with E-state index in [2.05, 4.69) is 221 Å². The van der Waals surface area contributed by atoms with Crippen molar-refractivity contribution in [3.8, 4) is 45.0 Å². The van der Waals surface area contributed by atoms with Gasteiger partial charge < -0.3 is 9.13 Å². The van der Waals surface area contributed by atoms with E-state index < -0.39 is 0 Å². The van der Waals surface area contributed by atoms with E-state index in [0.717, 1.165) is 45.0 Å². The molecule has 0 N–H and O–H groups in total. The van der Waals surface area contributed by atoms with E-state index in [1.807, 2.05) is 0 Å². The fourth-order valence-corrected chi connectivity index (χ4v) is 9.26. The molecule has 3 heterocycles. The summed E-state index contributed by atoms with van der Waals surface area (Å²) in [6, 6.07) is 76.8. The fourth-order valence-electron chi connectivity index (χ4n) is 9.26. The van der Waals surface area contributed by atoms with E-state index in [4.69, 9.17) is 4.98 Å². The van der Waals surface area contributed by atoms with Gasteiger partial charge in [0.15, 0.2) is 0 Å². The Morgan fingerprint density at radius 3 is 1.59 bits per heavy atom. The Labute approximate surface area is 335 Å². The van der Waals surface area contributed by atoms with Gasteiger partial charge in [-0.3, -0.25) is 0 Å². The SMILES string of the molecule is c1ccc(-c2cc(-c3cccc(-n4c5ccccc5c5c6c7ccccc7n(-c7ccc8ccccc8c7)c6ccc54)c3)nc(-c3cccc4ccccc34)c2)cc1. The molecule has 0 saturated carbocycles. The summed E-state index contributed by atoms with van der Waals surface area (Å²) in [7, 11) is 0. The third kappa shape index (κ3) is 5.04. The van der Waals surface area contributed by atoms with Crippen molar-refractivity contribution in [1.29, 1.82) is 0 Å². The molecule has 0 amide bonds. The van der Waals surface area contributed by atoms with Gasteiger partial charge >= 0.3 is 0 Å². The van der Waals surface area contributed by atoms with Crippen LogP contribution in [0.3, 0.4) is 0 Å². The number of pyridine rings is 1. The van der Waals surface area contributed by atoms with Gasteiger partial charge in [-0.05, 0) is 93.3 Å². The summed E-state index contributed by atoms with van der Waals surface area (Å²) in [6.45, 7) is 0. The normalized spacial score (nSPS) is 11.8. The molecule has 270 valence electrons. The molecule has 0 aliphatic heterocycles. The largest absolute Gasteiger partial charge is 0.309 e. The second-order valence-corrected chi connectivity index (χ2v) is 15.2. The van der Waals surface area contributed by atoms with Crippen LogP contribution in [0.1, 0.15) is 0 Å². The van der Waals surface area contributed by atoms with Crippen LogP contribution in [0.5, 0.6) is 0 Å². The number of nitrogens with zero attached hydrogens (tertiary/aromatic N) is 3. The van der Waals surface area contributed by atoms with Crippen LogP contribution in [0.2, 0.25) is 0 Å². The molecule has 0 radical (unpaired) electrons. The minimum atomic E-state index is 0.938. The monoisotopic (exact) mass is 737 g/mol. The number of aromatic nitrogens is 3. The molecule has 58 heavy (non-hydrogen) atoms. The van der Waals surface area contributed by atoms with Crippen LogP contribution in [0.4, 0.5) is 0 Å². The Morgan fingerprint density at radius 2 is 0.845 bits per heavy atom. The molecule has 0 aliphatic rings. The van der Waals surface area contributed by atoms with Crippen LogP contribution in [-0.2, 0) is 0 Å². The molecule has 12 rings (SSSR count). The number of fused-ring (bicyclic) bond motifs is 9. The van der Waals surface area contributed by atoms with E-state index in [1.54, 1.807) is 0 Å². The Kier molecular flexibility index (Phi) is 7.23. The third-order valence-electron chi connectivity index (χ3n) is 11.9. The van der Waals surface area contributed by atoms with E-state index in [1.165, 1.54) is 65.2 Å². The quantitative estimate of drug-likeness (QED) is 0.172. The zero-order valence-corrected chi connectivity index (χ0v) is 31.5. The topological polar surface area (TPSA) is 22.8 Å². The Morgan fingerprint density at radius 1 is 0.293 bits per heavy atom. The second kappa shape index (κ2) is 12.9. The average Bonchev–Trinajstić information content (AvgIpc) is 3.82. The maximum Gasteiger partial charge on any atom is 0.0721 e. The number of rotatable bonds is 5. The lowest BCUT2D eigenvalue weighted by Crippen LogP contribution is -1.96. The molecule has 0 bridgehead atoms. The highest BCUT2D eigenvalue weighted by molar-refractivity contribution is 6.29. The van der Waals surface area contributed by atoms with Crippen molar-refractivity contribution in [3.63, 3.8) is 0 Å². The summed E-state index contributed by atoms with van der Waals surface area (Å²) in [5.41, 5.74) is 13.4. The first-order valence-electron chi connectivity index (χ1n) is 19.9. The molecule has 0 unspecified atom stereocenters. The van der Waals surface area contributed by atoms with Crippen LogP contribution >= 0.6 is 0 Å². The number of hydrogen-bond donors (Lipinski definition) is 0. The van der Waals surface area contributed by atoms with Gasteiger partial charge in [0.05, 0.1) is 33.5 Å². The third-order valence-corrected chi connectivity index (χ3v) is 11.9. The van der Waals surface area contributed by atoms with Gasteiger partial charge in [-0.2, -0.15) is 0 Å². The van der Waals surface area contributed by atoms with E-state index in [0.29, 0.717) is 0 Å². The number of para-hydroxylation sites is 2. The van der Waals surface area contributed by atoms with Crippen molar-refractivity contribution >= 4 is 65.2 Å². The first-order chi connectivity index (χ1) is 28.8. The summed E-state index contributed by atoms with van der Waals surface area (Å²) < 4.78 is 4.87. The maximum absolute atomic E-state index is 5.41. The van der Waals surface area contributed by atoms with Crippen LogP contribution in [0, 0.1) is 0 Å². The minimum absolute atomic E-state index is 0.938. The first-order valence-corrected chi connectivity index (χ1v) is 19.9. The van der Waals surface area contributed by atoms with Crippen molar-refractivity contribution < 1.29 is 0 Å². The lowest BCUT2D eigenvalue weighted by atomic mass is 9.97. The van der Waals surface area contributed by atoms with Crippen LogP contribution in [-0.4, -0.2) is 14.1 Å². The van der Waals surface area contributed by atoms with E-state index >= 15 is 0 Å². The molecule has 3 heteroatoms. The van der Waals surface area contributed by atoms with Gasteiger partial charge in [-0.1, -0.05) is 152 Å². The second-order valence-electron chi connectivity index (χ2n) is 15.2. The zero-order valence-electron chi connectivity index (χ0n) is 31.5. The highest BCUT2D eigenvalue weighted by atomic mass is 15.0. The molecule has 0 atom stereocenters. The Hall–Kier alpha value is -7.75. The Balaban J connectivity index is 1.08. The number of benzene rings is 9. The lowest BCUT2D eigenvalue weighted by Gasteiger charge is -2.14. The summed E-state index contributed by atoms with van der Waals surface area (Å²) in [4.78, 5) is 5.41. The predicted octanol–water partition coefficient (Wildman–Crippen LogP) is 14.6. The average molecular weight is 738 g/mol. The summed E-state index contributed by atoms with van der Waals surface area (Å²) >= 11 is 0. The lowest BCUT2D eigenvalue weighted by molar-refractivity contribution is 1.17. The summed E-state index contributed by atoms with van der Waals surface area (Å²) in [5.74, 6) is 0. The molecular weight excluding hydrogens is 703 g/mol. The van der Waals surface area contributed by atoms with Crippen molar-refractivity contribution in [1.82, 2.24) is 14.1 Å². The molecule has 3 nitrogen and oxygen atoms in total. The fraction of sp³-hybridized carbons (Fsp3) is 0. The van der Waals surface area contributed by atoms with Crippen molar-refractivity contribution in [3.05, 3.63) is 212 Å². The van der Waals surface area contributed by atoms with Gasteiger partial charge in [0.25, 0.3) is 0 Å². The van der Waals surface area contributed by atoms with Gasteiger partial charge in [0, 0.05) is 44.0 Å². The highest BCUT2D eigenvalue weighted by Crippen LogP contribution is 2.43. The van der Waals surface area contributed by atoms with E-state index in [9.17, 15) is 0 Å². The minimum Gasteiger partial charge on any atom is -0.309 e. The summed E-state index contributed by atoms with van der Waals surface area (Å²) in [6.07, 6.45) is 0. The molecule has 3 aromatic heterocycles. The van der Waals surface area contributed by atoms with Crippen molar-refractivity contribution in [2.45, 2.75) is 0 Å². The van der Waals surface area contributed by atoms with Gasteiger partial charge in [0.1, 0.15) is 0 Å². The summed E-state index contributed by atoms with van der Waals surface area (Å²) in [5, 5.41) is 9.88. The predicted molar refractivity (Wildman–Crippen MR) is 244 cm³/mol. The van der Waals surface area contributed by atoms with Crippen LogP contribution < -0.4 is 0 Å². The molecule has 12 aromatic rings. The molecule has 0 fully saturated rings. The number of hydrogen-bond acceptors (Lipinski definition) is 1. The highest BCUT2D eigenvalue weighted by Gasteiger charge is 2.21. The van der Waals surface area contributed by atoms with Crippen molar-refractivity contribution in [2.24, 2.45) is 0 Å². The van der Waals surface area contributed by atoms with Crippen LogP contribution in [0.25, 0.3) is 110 Å². The van der Waals surface area contributed by atoms with Crippen LogP contribution in [0.15, 0.2) is 212 Å². The van der Waals surface area contributed by atoms with Crippen molar-refractivity contribution in [2.75, 3.05) is 0 Å². The molecular formula is C55H35N3. The maximum atomic E-state index is 5.41. The molecule has 9 aromatic carbocycles. The molecule has 0 aliphatic carbocycles. The molecule has 0 spiro atoms. The van der Waals surface area contributed by atoms with E-state index in [-0.39, 0.29) is 0 Å². The standard InChI is InChI=1S/C55H35N3/c1-2-14-36(15-3-1)41-34-48(56-49(35-41)45-25-13-19-38-17-6-7-22-44(38)45)40-20-12-21-42(33-40)57-50-26-10-8-23-46(50)54-52(57)30-31-53-55(54)47-24-9-11-27-51(47)58(53)43-29-28-37-16-4-5-18-39(37)32-43/h1-35H. The first kappa shape index (κ1) is 32.5. The molecule has 0 saturated heterocycles. The van der Waals surface area contributed by atoms with Gasteiger partial charge in [0.2, 0.25) is 0 Å². The smallest absolute Gasteiger partial charge is 0.0721 e.